The maximum Gasteiger partial charge on any atom is 0.229 e. The molecule has 0 spiro atoms. The van der Waals surface area contributed by atoms with E-state index in [2.05, 4.69) is 27.8 Å². The third-order valence-electron chi connectivity index (χ3n) is 4.79. The minimum atomic E-state index is -0.126. The number of carbonyl (C=O) groups is 1. The lowest BCUT2D eigenvalue weighted by Crippen LogP contribution is -2.28. The molecule has 0 saturated carbocycles. The van der Waals surface area contributed by atoms with Crippen LogP contribution < -0.4 is 15.4 Å². The van der Waals surface area contributed by atoms with Crippen LogP contribution in [0, 0.1) is 5.92 Å². The van der Waals surface area contributed by atoms with Crippen LogP contribution in [-0.4, -0.2) is 24.0 Å². The summed E-state index contributed by atoms with van der Waals surface area (Å²) in [6.45, 7) is 1.47. The van der Waals surface area contributed by atoms with Crippen LogP contribution in [-0.2, 0) is 4.79 Å². The van der Waals surface area contributed by atoms with E-state index in [1.54, 1.807) is 12.4 Å². The number of para-hydroxylation sites is 2. The number of anilines is 1. The van der Waals surface area contributed by atoms with Crippen molar-refractivity contribution in [3.8, 4) is 11.5 Å². The van der Waals surface area contributed by atoms with Gasteiger partial charge in [-0.3, -0.25) is 9.78 Å². The van der Waals surface area contributed by atoms with E-state index in [0.717, 1.165) is 6.54 Å². The largest absolute Gasteiger partial charge is 0.454 e. The summed E-state index contributed by atoms with van der Waals surface area (Å²) in [6.07, 6.45) is 3.34. The number of ether oxygens (including phenoxy) is 1. The Kier molecular flexibility index (Phi) is 5.12. The molecule has 0 bridgehead atoms. The lowest BCUT2D eigenvalue weighted by Gasteiger charge is -2.19. The lowest BCUT2D eigenvalue weighted by molar-refractivity contribution is -0.119. The normalized spacial score (nSPS) is 18.8. The van der Waals surface area contributed by atoms with E-state index in [0.29, 0.717) is 23.7 Å². The van der Waals surface area contributed by atoms with E-state index in [4.69, 9.17) is 4.74 Å². The highest BCUT2D eigenvalue weighted by Gasteiger charge is 2.34. The van der Waals surface area contributed by atoms with Crippen molar-refractivity contribution in [3.05, 3.63) is 84.7 Å². The number of nitrogens with zero attached hydrogens (tertiary/aromatic N) is 1. The molecule has 136 valence electrons. The molecule has 3 aromatic rings. The van der Waals surface area contributed by atoms with Crippen LogP contribution in [0.1, 0.15) is 11.5 Å². The summed E-state index contributed by atoms with van der Waals surface area (Å²) in [6, 6.07) is 21.3. The number of benzene rings is 2. The molecular weight excluding hydrogens is 338 g/mol. The molecule has 1 aromatic heterocycles. The molecule has 0 aliphatic carbocycles. The molecule has 0 radical (unpaired) electrons. The van der Waals surface area contributed by atoms with Gasteiger partial charge < -0.3 is 15.4 Å². The van der Waals surface area contributed by atoms with Gasteiger partial charge >= 0.3 is 0 Å². The molecule has 2 aromatic carbocycles. The maximum atomic E-state index is 13.0. The van der Waals surface area contributed by atoms with Crippen LogP contribution >= 0.6 is 0 Å². The molecule has 4 rings (SSSR count). The van der Waals surface area contributed by atoms with Crippen LogP contribution in [0.2, 0.25) is 0 Å². The molecule has 2 atom stereocenters. The fourth-order valence-corrected chi connectivity index (χ4v) is 3.42. The molecule has 1 amide bonds. The third kappa shape index (κ3) is 3.99. The van der Waals surface area contributed by atoms with Crippen molar-refractivity contribution >= 4 is 11.6 Å². The highest BCUT2D eigenvalue weighted by molar-refractivity contribution is 5.95. The minimum Gasteiger partial charge on any atom is -0.454 e. The second kappa shape index (κ2) is 8.01. The molecule has 2 N–H and O–H groups in total. The molecular formula is C22H21N3O2. The first-order valence-electron chi connectivity index (χ1n) is 9.05. The van der Waals surface area contributed by atoms with Crippen molar-refractivity contribution in [3.63, 3.8) is 0 Å². The Morgan fingerprint density at radius 1 is 1.00 bits per heavy atom. The van der Waals surface area contributed by atoms with Gasteiger partial charge in [-0.2, -0.15) is 0 Å². The fourth-order valence-electron chi connectivity index (χ4n) is 3.42. The zero-order chi connectivity index (χ0) is 18.5. The van der Waals surface area contributed by atoms with Gasteiger partial charge in [0.05, 0.1) is 17.8 Å². The lowest BCUT2D eigenvalue weighted by atomic mass is 9.88. The van der Waals surface area contributed by atoms with Gasteiger partial charge in [-0.25, -0.2) is 0 Å². The number of pyridine rings is 1. The average Bonchev–Trinajstić information content (AvgIpc) is 3.21. The summed E-state index contributed by atoms with van der Waals surface area (Å²) < 4.78 is 5.89. The Hall–Kier alpha value is -3.18. The van der Waals surface area contributed by atoms with Crippen molar-refractivity contribution < 1.29 is 9.53 Å². The number of amides is 1. The van der Waals surface area contributed by atoms with Crippen LogP contribution in [0.15, 0.2) is 79.1 Å². The molecule has 2 heterocycles. The van der Waals surface area contributed by atoms with E-state index >= 15 is 0 Å². The molecule has 5 nitrogen and oxygen atoms in total. The average molecular weight is 359 g/mol. The van der Waals surface area contributed by atoms with Crippen LogP contribution in [0.5, 0.6) is 11.5 Å². The SMILES string of the molecule is O=C(Nc1ccccc1Oc1cccnc1)[C@@H]1CNC[C@H]1c1ccccc1. The zero-order valence-electron chi connectivity index (χ0n) is 14.8. The topological polar surface area (TPSA) is 63.2 Å². The summed E-state index contributed by atoms with van der Waals surface area (Å²) in [7, 11) is 0. The Morgan fingerprint density at radius 3 is 2.63 bits per heavy atom. The van der Waals surface area contributed by atoms with Crippen molar-refractivity contribution in [2.75, 3.05) is 18.4 Å². The first-order chi connectivity index (χ1) is 13.3. The highest BCUT2D eigenvalue weighted by Crippen LogP contribution is 2.32. The highest BCUT2D eigenvalue weighted by atomic mass is 16.5. The number of hydrogen-bond donors (Lipinski definition) is 2. The van der Waals surface area contributed by atoms with Gasteiger partial charge in [0.15, 0.2) is 5.75 Å². The monoisotopic (exact) mass is 359 g/mol. The Balaban J connectivity index is 1.51. The van der Waals surface area contributed by atoms with Crippen LogP contribution in [0.3, 0.4) is 0 Å². The standard InChI is InChI=1S/C22H21N3O2/c26-22(19-15-24-14-18(19)16-7-2-1-3-8-16)25-20-10-4-5-11-21(20)27-17-9-6-12-23-13-17/h1-13,18-19,24H,14-15H2,(H,25,26)/t18-,19+/m0/s1. The van der Waals surface area contributed by atoms with Crippen LogP contribution in [0.4, 0.5) is 5.69 Å². The minimum absolute atomic E-state index is 0.00362. The first-order valence-corrected chi connectivity index (χ1v) is 9.05. The number of rotatable bonds is 5. The van der Waals surface area contributed by atoms with Crippen molar-refractivity contribution in [2.45, 2.75) is 5.92 Å². The Morgan fingerprint density at radius 2 is 1.81 bits per heavy atom. The van der Waals surface area contributed by atoms with E-state index in [1.165, 1.54) is 5.56 Å². The van der Waals surface area contributed by atoms with Gasteiger partial charge in [-0.15, -0.1) is 0 Å². The van der Waals surface area contributed by atoms with Gasteiger partial charge in [0.1, 0.15) is 5.75 Å². The van der Waals surface area contributed by atoms with Crippen molar-refractivity contribution in [2.24, 2.45) is 5.92 Å². The summed E-state index contributed by atoms with van der Waals surface area (Å²) >= 11 is 0. The maximum absolute atomic E-state index is 13.0. The number of aromatic nitrogens is 1. The van der Waals surface area contributed by atoms with E-state index in [9.17, 15) is 4.79 Å². The first kappa shape index (κ1) is 17.2. The fraction of sp³-hybridized carbons (Fsp3) is 0.182. The zero-order valence-corrected chi connectivity index (χ0v) is 14.8. The van der Waals surface area contributed by atoms with Gasteiger partial charge in [0.25, 0.3) is 0 Å². The molecule has 5 heteroatoms. The quantitative estimate of drug-likeness (QED) is 0.727. The van der Waals surface area contributed by atoms with E-state index < -0.39 is 0 Å². The summed E-state index contributed by atoms with van der Waals surface area (Å²) in [5.41, 5.74) is 1.84. The van der Waals surface area contributed by atoms with Gasteiger partial charge in [-0.05, 0) is 29.8 Å². The molecule has 0 unspecified atom stereocenters. The number of nitrogens with one attached hydrogen (secondary N) is 2. The Labute approximate surface area is 158 Å². The van der Waals surface area contributed by atoms with E-state index in [-0.39, 0.29) is 17.7 Å². The van der Waals surface area contributed by atoms with E-state index in [1.807, 2.05) is 54.6 Å². The second-order valence-corrected chi connectivity index (χ2v) is 6.56. The number of hydrogen-bond acceptors (Lipinski definition) is 4. The molecule has 1 fully saturated rings. The van der Waals surface area contributed by atoms with Gasteiger partial charge in [0, 0.05) is 25.2 Å². The second-order valence-electron chi connectivity index (χ2n) is 6.56. The Bertz CT molecular complexity index is 900. The summed E-state index contributed by atoms with van der Waals surface area (Å²) in [5.74, 6) is 1.26. The smallest absolute Gasteiger partial charge is 0.229 e. The molecule has 1 aliphatic rings. The molecule has 1 aliphatic heterocycles. The predicted molar refractivity (Wildman–Crippen MR) is 105 cm³/mol. The van der Waals surface area contributed by atoms with Crippen LogP contribution in [0.25, 0.3) is 0 Å². The predicted octanol–water partition coefficient (Wildman–Crippen LogP) is 3.82. The number of carbonyl (C=O) groups excluding carboxylic acids is 1. The summed E-state index contributed by atoms with van der Waals surface area (Å²) in [5, 5.41) is 6.39. The third-order valence-corrected chi connectivity index (χ3v) is 4.79. The summed E-state index contributed by atoms with van der Waals surface area (Å²) in [4.78, 5) is 17.0. The van der Waals surface area contributed by atoms with Crippen molar-refractivity contribution in [1.82, 2.24) is 10.3 Å². The molecule has 27 heavy (non-hydrogen) atoms. The van der Waals surface area contributed by atoms with Crippen molar-refractivity contribution in [1.29, 1.82) is 0 Å². The molecule has 1 saturated heterocycles. The van der Waals surface area contributed by atoms with Gasteiger partial charge in [0.2, 0.25) is 5.91 Å². The van der Waals surface area contributed by atoms with Gasteiger partial charge in [-0.1, -0.05) is 42.5 Å².